The van der Waals surface area contributed by atoms with Gasteiger partial charge in [-0.15, -0.1) is 0 Å². The van der Waals surface area contributed by atoms with Gasteiger partial charge in [0.2, 0.25) is 5.91 Å². The number of nitrogens with zero attached hydrogens (tertiary/aromatic N) is 1. The predicted molar refractivity (Wildman–Crippen MR) is 93.7 cm³/mol. The predicted octanol–water partition coefficient (Wildman–Crippen LogP) is 3.41. The minimum absolute atomic E-state index is 0.136. The Morgan fingerprint density at radius 3 is 2.75 bits per heavy atom. The normalized spacial score (nSPS) is 10.6. The highest BCUT2D eigenvalue weighted by Crippen LogP contribution is 2.24. The van der Waals surface area contributed by atoms with Gasteiger partial charge >= 0.3 is 0 Å². The number of nitrogens with one attached hydrogen (secondary N) is 1. The number of hydrogen-bond acceptors (Lipinski definition) is 3. The smallest absolute Gasteiger partial charge is 0.244 e. The molecule has 0 saturated heterocycles. The van der Waals surface area contributed by atoms with Gasteiger partial charge in [0.15, 0.2) is 6.29 Å². The molecule has 1 heterocycles. The molecule has 1 N–H and O–H groups in total. The molecule has 0 bridgehead atoms. The molecule has 0 atom stereocenters. The van der Waals surface area contributed by atoms with Crippen LogP contribution in [0.4, 0.5) is 5.69 Å². The van der Waals surface area contributed by atoms with Crippen molar-refractivity contribution in [2.75, 3.05) is 12.4 Å². The number of para-hydroxylation sites is 1. The number of ether oxygens (including phenoxy) is 1. The van der Waals surface area contributed by atoms with E-state index in [2.05, 4.69) is 5.32 Å². The fourth-order valence-electron chi connectivity index (χ4n) is 2.86. The molecule has 122 valence electrons. The number of amides is 1. The third-order valence-corrected chi connectivity index (χ3v) is 4.05. The van der Waals surface area contributed by atoms with Crippen molar-refractivity contribution in [3.8, 4) is 5.75 Å². The van der Waals surface area contributed by atoms with E-state index in [-0.39, 0.29) is 12.5 Å². The van der Waals surface area contributed by atoms with Gasteiger partial charge in [-0.3, -0.25) is 9.59 Å². The lowest BCUT2D eigenvalue weighted by Crippen LogP contribution is -2.19. The summed E-state index contributed by atoms with van der Waals surface area (Å²) in [5.74, 6) is 0.517. The van der Waals surface area contributed by atoms with Crippen molar-refractivity contribution >= 4 is 28.8 Å². The quantitative estimate of drug-likeness (QED) is 0.732. The molecule has 5 heteroatoms. The molecule has 2 aromatic carbocycles. The second-order valence-corrected chi connectivity index (χ2v) is 5.50. The van der Waals surface area contributed by atoms with Crippen LogP contribution in [0.25, 0.3) is 10.9 Å². The van der Waals surface area contributed by atoms with Crippen LogP contribution in [0.2, 0.25) is 0 Å². The standard InChI is InChI=1S/C19H18N2O3/c1-13-17(12-22)16-8-3-4-9-18(16)21(13)11-19(23)20-14-6-5-7-15(10-14)24-2/h3-10,12H,11H2,1-2H3,(H,20,23). The lowest BCUT2D eigenvalue weighted by Gasteiger charge is -2.10. The maximum Gasteiger partial charge on any atom is 0.244 e. The zero-order valence-corrected chi connectivity index (χ0v) is 13.6. The number of rotatable bonds is 5. The summed E-state index contributed by atoms with van der Waals surface area (Å²) in [5, 5.41) is 3.72. The Morgan fingerprint density at radius 1 is 1.21 bits per heavy atom. The molecular formula is C19H18N2O3. The second-order valence-electron chi connectivity index (χ2n) is 5.50. The summed E-state index contributed by atoms with van der Waals surface area (Å²) in [6, 6.07) is 14.8. The van der Waals surface area contributed by atoms with Crippen LogP contribution in [0.1, 0.15) is 16.1 Å². The van der Waals surface area contributed by atoms with Gasteiger partial charge in [0, 0.05) is 33.9 Å². The first-order chi connectivity index (χ1) is 11.6. The molecule has 0 unspecified atom stereocenters. The number of carbonyl (C=O) groups excluding carboxylic acids is 2. The molecule has 0 saturated carbocycles. The summed E-state index contributed by atoms with van der Waals surface area (Å²) in [6.45, 7) is 1.99. The van der Waals surface area contributed by atoms with Crippen LogP contribution in [-0.2, 0) is 11.3 Å². The van der Waals surface area contributed by atoms with E-state index in [1.165, 1.54) is 0 Å². The Balaban J connectivity index is 1.88. The maximum atomic E-state index is 12.4. The molecule has 0 aliphatic rings. The molecule has 0 spiro atoms. The SMILES string of the molecule is COc1cccc(NC(=O)Cn2c(C)c(C=O)c3ccccc32)c1. The maximum absolute atomic E-state index is 12.4. The van der Waals surface area contributed by atoms with Gasteiger partial charge in [-0.1, -0.05) is 24.3 Å². The zero-order chi connectivity index (χ0) is 17.1. The second kappa shape index (κ2) is 6.58. The van der Waals surface area contributed by atoms with Gasteiger partial charge in [0.1, 0.15) is 12.3 Å². The number of carbonyl (C=O) groups is 2. The molecule has 1 aromatic heterocycles. The number of hydrogen-bond donors (Lipinski definition) is 1. The summed E-state index contributed by atoms with van der Waals surface area (Å²) in [5.41, 5.74) is 2.95. The molecule has 0 aliphatic heterocycles. The number of methoxy groups -OCH3 is 1. The van der Waals surface area contributed by atoms with Crippen LogP contribution in [-0.4, -0.2) is 23.9 Å². The Labute approximate surface area is 139 Å². The highest BCUT2D eigenvalue weighted by atomic mass is 16.5. The lowest BCUT2D eigenvalue weighted by atomic mass is 10.1. The van der Waals surface area contributed by atoms with Crippen LogP contribution in [0.15, 0.2) is 48.5 Å². The molecule has 3 aromatic rings. The van der Waals surface area contributed by atoms with Crippen LogP contribution < -0.4 is 10.1 Å². The van der Waals surface area contributed by atoms with Gasteiger partial charge in [-0.25, -0.2) is 0 Å². The van der Waals surface area contributed by atoms with Crippen molar-refractivity contribution in [1.82, 2.24) is 4.57 Å². The Hall–Kier alpha value is -3.08. The van der Waals surface area contributed by atoms with Gasteiger partial charge in [0.25, 0.3) is 0 Å². The fraction of sp³-hybridized carbons (Fsp3) is 0.158. The van der Waals surface area contributed by atoms with Gasteiger partial charge in [-0.2, -0.15) is 0 Å². The van der Waals surface area contributed by atoms with E-state index in [1.54, 1.807) is 19.2 Å². The number of aromatic nitrogens is 1. The van der Waals surface area contributed by atoms with E-state index in [4.69, 9.17) is 4.74 Å². The van der Waals surface area contributed by atoms with E-state index >= 15 is 0 Å². The molecule has 0 aliphatic carbocycles. The van der Waals surface area contributed by atoms with Gasteiger partial charge in [-0.05, 0) is 25.1 Å². The topological polar surface area (TPSA) is 60.3 Å². The van der Waals surface area contributed by atoms with Gasteiger partial charge < -0.3 is 14.6 Å². The monoisotopic (exact) mass is 322 g/mol. The van der Waals surface area contributed by atoms with Crippen molar-refractivity contribution in [2.45, 2.75) is 13.5 Å². The van der Waals surface area contributed by atoms with E-state index in [0.29, 0.717) is 17.0 Å². The van der Waals surface area contributed by atoms with Crippen molar-refractivity contribution in [3.63, 3.8) is 0 Å². The summed E-state index contributed by atoms with van der Waals surface area (Å²) in [7, 11) is 1.58. The summed E-state index contributed by atoms with van der Waals surface area (Å²) >= 11 is 0. The van der Waals surface area contributed by atoms with E-state index < -0.39 is 0 Å². The van der Waals surface area contributed by atoms with Gasteiger partial charge in [0.05, 0.1) is 7.11 Å². The Morgan fingerprint density at radius 2 is 2.00 bits per heavy atom. The van der Waals surface area contributed by atoms with E-state index in [9.17, 15) is 9.59 Å². The first-order valence-corrected chi connectivity index (χ1v) is 7.61. The first-order valence-electron chi connectivity index (χ1n) is 7.61. The zero-order valence-electron chi connectivity index (χ0n) is 13.6. The number of benzene rings is 2. The number of aldehydes is 1. The van der Waals surface area contributed by atoms with Crippen LogP contribution in [0.3, 0.4) is 0 Å². The molecule has 24 heavy (non-hydrogen) atoms. The average Bonchev–Trinajstić information content (AvgIpc) is 2.86. The molecule has 0 radical (unpaired) electrons. The molecule has 5 nitrogen and oxygen atoms in total. The Bertz CT molecular complexity index is 912. The van der Waals surface area contributed by atoms with Crippen molar-refractivity contribution in [3.05, 3.63) is 59.8 Å². The highest BCUT2D eigenvalue weighted by Gasteiger charge is 2.15. The summed E-state index contributed by atoms with van der Waals surface area (Å²) in [6.07, 6.45) is 0.841. The average molecular weight is 322 g/mol. The van der Waals surface area contributed by atoms with Crippen LogP contribution in [0.5, 0.6) is 5.75 Å². The third-order valence-electron chi connectivity index (χ3n) is 4.05. The largest absolute Gasteiger partial charge is 0.497 e. The third kappa shape index (κ3) is 2.88. The minimum atomic E-state index is -0.162. The van der Waals surface area contributed by atoms with E-state index in [1.807, 2.05) is 47.9 Å². The Kier molecular flexibility index (Phi) is 4.33. The first kappa shape index (κ1) is 15.8. The van der Waals surface area contributed by atoms with Crippen molar-refractivity contribution in [2.24, 2.45) is 0 Å². The fourth-order valence-corrected chi connectivity index (χ4v) is 2.86. The lowest BCUT2D eigenvalue weighted by molar-refractivity contribution is -0.116. The van der Waals surface area contributed by atoms with Crippen molar-refractivity contribution in [1.29, 1.82) is 0 Å². The highest BCUT2D eigenvalue weighted by molar-refractivity contribution is 6.00. The summed E-state index contributed by atoms with van der Waals surface area (Å²) < 4.78 is 7.01. The van der Waals surface area contributed by atoms with E-state index in [0.717, 1.165) is 22.9 Å². The molecule has 3 rings (SSSR count). The van der Waals surface area contributed by atoms with Crippen LogP contribution >= 0.6 is 0 Å². The number of anilines is 1. The van der Waals surface area contributed by atoms with Crippen molar-refractivity contribution < 1.29 is 14.3 Å². The molecule has 1 amide bonds. The molecular weight excluding hydrogens is 304 g/mol. The van der Waals surface area contributed by atoms with Crippen LogP contribution in [0, 0.1) is 6.92 Å². The summed E-state index contributed by atoms with van der Waals surface area (Å²) in [4.78, 5) is 23.8. The minimum Gasteiger partial charge on any atom is -0.497 e. The molecule has 0 fully saturated rings. The number of fused-ring (bicyclic) bond motifs is 1.